The van der Waals surface area contributed by atoms with Crippen LogP contribution < -0.4 is 4.74 Å². The standard InChI is InChI=1S/C23H29FN2O5S/c1-16-4-5-22(20(10-16)15-32(28,29)30)31-14-23(27)26-8-6-25(7-9-26)13-19-11-18(3)21(24)12-17(19)2/h4-5,10-12H,6-9,13-15H2,1-3H3,(H,28,29,30). The van der Waals surface area contributed by atoms with Gasteiger partial charge in [-0.05, 0) is 49.6 Å². The Morgan fingerprint density at radius 3 is 2.38 bits per heavy atom. The first kappa shape index (κ1) is 24.2. The van der Waals surface area contributed by atoms with Crippen LogP contribution in [0.4, 0.5) is 4.39 Å². The summed E-state index contributed by atoms with van der Waals surface area (Å²) in [5.74, 6) is -0.687. The third kappa shape index (κ3) is 6.51. The molecule has 1 aliphatic heterocycles. The van der Waals surface area contributed by atoms with Crippen molar-refractivity contribution >= 4 is 16.0 Å². The lowest BCUT2D eigenvalue weighted by Crippen LogP contribution is -2.49. The highest BCUT2D eigenvalue weighted by Crippen LogP contribution is 2.23. The van der Waals surface area contributed by atoms with E-state index >= 15 is 0 Å². The summed E-state index contributed by atoms with van der Waals surface area (Å²) in [6, 6.07) is 8.41. The van der Waals surface area contributed by atoms with E-state index in [1.54, 1.807) is 43.0 Å². The molecule has 0 atom stereocenters. The molecular formula is C23H29FN2O5S. The fourth-order valence-electron chi connectivity index (χ4n) is 3.80. The first-order valence-corrected chi connectivity index (χ1v) is 12.1. The summed E-state index contributed by atoms with van der Waals surface area (Å²) >= 11 is 0. The normalized spacial score (nSPS) is 15.1. The van der Waals surface area contributed by atoms with Gasteiger partial charge in [-0.3, -0.25) is 14.2 Å². The average molecular weight is 465 g/mol. The van der Waals surface area contributed by atoms with Crippen molar-refractivity contribution in [2.75, 3.05) is 32.8 Å². The molecule has 1 aliphatic rings. The van der Waals surface area contributed by atoms with Gasteiger partial charge in [0.25, 0.3) is 16.0 Å². The Labute approximate surface area is 188 Å². The third-order valence-electron chi connectivity index (χ3n) is 5.64. The molecule has 1 heterocycles. The summed E-state index contributed by atoms with van der Waals surface area (Å²) in [6.07, 6.45) is 0. The van der Waals surface area contributed by atoms with Gasteiger partial charge in [-0.15, -0.1) is 0 Å². The van der Waals surface area contributed by atoms with E-state index in [2.05, 4.69) is 4.90 Å². The highest BCUT2D eigenvalue weighted by atomic mass is 32.2. The number of hydrogen-bond donors (Lipinski definition) is 1. The molecule has 0 spiro atoms. The number of aryl methyl sites for hydroxylation is 3. The minimum absolute atomic E-state index is 0.183. The van der Waals surface area contributed by atoms with Gasteiger partial charge in [0.15, 0.2) is 6.61 Å². The number of benzene rings is 2. The van der Waals surface area contributed by atoms with E-state index in [1.165, 1.54) is 0 Å². The monoisotopic (exact) mass is 464 g/mol. The van der Waals surface area contributed by atoms with Crippen molar-refractivity contribution in [2.45, 2.75) is 33.1 Å². The largest absolute Gasteiger partial charge is 0.483 e. The zero-order valence-electron chi connectivity index (χ0n) is 18.6. The lowest BCUT2D eigenvalue weighted by Gasteiger charge is -2.35. The molecule has 3 rings (SSSR count). The molecule has 2 aromatic rings. The van der Waals surface area contributed by atoms with Crippen LogP contribution in [0, 0.1) is 26.6 Å². The maximum Gasteiger partial charge on any atom is 0.269 e. The van der Waals surface area contributed by atoms with E-state index in [4.69, 9.17) is 9.29 Å². The van der Waals surface area contributed by atoms with Gasteiger partial charge in [0.1, 0.15) is 17.3 Å². The third-order valence-corrected chi connectivity index (χ3v) is 6.32. The molecule has 0 bridgehead atoms. The molecule has 1 saturated heterocycles. The minimum Gasteiger partial charge on any atom is -0.483 e. The molecule has 174 valence electrons. The van der Waals surface area contributed by atoms with E-state index in [1.807, 2.05) is 13.0 Å². The van der Waals surface area contributed by atoms with Crippen molar-refractivity contribution in [1.29, 1.82) is 0 Å². The molecular weight excluding hydrogens is 435 g/mol. The Morgan fingerprint density at radius 1 is 1.03 bits per heavy atom. The SMILES string of the molecule is Cc1ccc(OCC(=O)N2CCN(Cc3cc(C)c(F)cc3C)CC2)c(CS(=O)(=O)O)c1. The molecule has 0 aromatic heterocycles. The smallest absolute Gasteiger partial charge is 0.269 e. The second-order valence-corrected chi connectivity index (χ2v) is 9.76. The zero-order valence-corrected chi connectivity index (χ0v) is 19.4. The van der Waals surface area contributed by atoms with Crippen LogP contribution in [0.15, 0.2) is 30.3 Å². The van der Waals surface area contributed by atoms with E-state index in [9.17, 15) is 17.6 Å². The molecule has 0 aliphatic carbocycles. The Morgan fingerprint density at radius 2 is 1.72 bits per heavy atom. The quantitative estimate of drug-likeness (QED) is 0.634. The summed E-state index contributed by atoms with van der Waals surface area (Å²) in [6.45, 7) is 8.43. The van der Waals surface area contributed by atoms with Crippen LogP contribution >= 0.6 is 0 Å². The van der Waals surface area contributed by atoms with Crippen molar-refractivity contribution in [3.05, 3.63) is 64.0 Å². The number of ether oxygens (including phenoxy) is 1. The van der Waals surface area contributed by atoms with Crippen molar-refractivity contribution < 1.29 is 26.9 Å². The zero-order chi connectivity index (χ0) is 23.5. The van der Waals surface area contributed by atoms with Crippen molar-refractivity contribution in [2.24, 2.45) is 0 Å². The lowest BCUT2D eigenvalue weighted by atomic mass is 10.0. The molecule has 1 fully saturated rings. The van der Waals surface area contributed by atoms with Crippen LogP contribution in [0.3, 0.4) is 0 Å². The van der Waals surface area contributed by atoms with Crippen molar-refractivity contribution in [3.63, 3.8) is 0 Å². The number of piperazine rings is 1. The summed E-state index contributed by atoms with van der Waals surface area (Å²) in [7, 11) is -4.22. The molecule has 2 aromatic carbocycles. The van der Waals surface area contributed by atoms with Gasteiger partial charge in [-0.1, -0.05) is 23.8 Å². The Hall–Kier alpha value is -2.49. The molecule has 0 radical (unpaired) electrons. The van der Waals surface area contributed by atoms with E-state index in [-0.39, 0.29) is 24.1 Å². The molecule has 7 nitrogen and oxygen atoms in total. The molecule has 32 heavy (non-hydrogen) atoms. The number of hydrogen-bond acceptors (Lipinski definition) is 5. The second kappa shape index (κ2) is 9.97. The molecule has 1 N–H and O–H groups in total. The van der Waals surface area contributed by atoms with Gasteiger partial charge in [0, 0.05) is 38.3 Å². The van der Waals surface area contributed by atoms with Crippen LogP contribution in [0.2, 0.25) is 0 Å². The van der Waals surface area contributed by atoms with Crippen LogP contribution in [-0.2, 0) is 27.2 Å². The van der Waals surface area contributed by atoms with Gasteiger partial charge in [0.05, 0.1) is 0 Å². The number of carbonyl (C=O) groups excluding carboxylic acids is 1. The topological polar surface area (TPSA) is 87.2 Å². The highest BCUT2D eigenvalue weighted by molar-refractivity contribution is 7.85. The van der Waals surface area contributed by atoms with Crippen molar-refractivity contribution in [1.82, 2.24) is 9.80 Å². The van der Waals surface area contributed by atoms with Crippen molar-refractivity contribution in [3.8, 4) is 5.75 Å². The van der Waals surface area contributed by atoms with Gasteiger partial charge in [0.2, 0.25) is 0 Å². The maximum absolute atomic E-state index is 13.7. The second-order valence-electron chi connectivity index (χ2n) is 8.31. The minimum atomic E-state index is -4.22. The highest BCUT2D eigenvalue weighted by Gasteiger charge is 2.22. The number of halogens is 1. The van der Waals surface area contributed by atoms with Gasteiger partial charge in [-0.2, -0.15) is 8.42 Å². The van der Waals surface area contributed by atoms with Crippen LogP contribution in [0.5, 0.6) is 5.75 Å². The Bertz CT molecular complexity index is 1100. The van der Waals surface area contributed by atoms with E-state index in [0.29, 0.717) is 43.9 Å². The summed E-state index contributed by atoms with van der Waals surface area (Å²) in [5, 5.41) is 0. The lowest BCUT2D eigenvalue weighted by molar-refractivity contribution is -0.135. The van der Waals surface area contributed by atoms with Gasteiger partial charge in [-0.25, -0.2) is 4.39 Å². The number of rotatable bonds is 7. The Balaban J connectivity index is 1.54. The van der Waals surface area contributed by atoms with E-state index in [0.717, 1.165) is 16.7 Å². The molecule has 0 saturated carbocycles. The van der Waals surface area contributed by atoms with Gasteiger partial charge >= 0.3 is 0 Å². The Kier molecular flexibility index (Phi) is 7.53. The van der Waals surface area contributed by atoms with Crippen LogP contribution in [0.1, 0.15) is 27.8 Å². The first-order chi connectivity index (χ1) is 15.0. The molecule has 1 amide bonds. The fraction of sp³-hybridized carbons (Fsp3) is 0.435. The van der Waals surface area contributed by atoms with Gasteiger partial charge < -0.3 is 9.64 Å². The summed E-state index contributed by atoms with van der Waals surface area (Å²) < 4.78 is 51.0. The molecule has 9 heteroatoms. The fourth-order valence-corrected chi connectivity index (χ4v) is 4.42. The number of nitrogens with zero attached hydrogens (tertiary/aromatic N) is 2. The van der Waals surface area contributed by atoms with Crippen LogP contribution in [-0.4, -0.2) is 61.5 Å². The number of amides is 1. The number of carbonyl (C=O) groups is 1. The molecule has 0 unspecified atom stereocenters. The summed E-state index contributed by atoms with van der Waals surface area (Å²) in [5.41, 5.74) is 3.76. The summed E-state index contributed by atoms with van der Waals surface area (Å²) in [4.78, 5) is 16.6. The average Bonchev–Trinajstić information content (AvgIpc) is 2.70. The predicted molar refractivity (Wildman–Crippen MR) is 120 cm³/mol. The first-order valence-electron chi connectivity index (χ1n) is 10.4. The van der Waals surface area contributed by atoms with E-state index < -0.39 is 15.9 Å². The maximum atomic E-state index is 13.7. The predicted octanol–water partition coefficient (Wildman–Crippen LogP) is 2.86. The van der Waals surface area contributed by atoms with Crippen LogP contribution in [0.25, 0.3) is 0 Å².